The van der Waals surface area contributed by atoms with Crippen LogP contribution in [0.5, 0.6) is 5.75 Å². The summed E-state index contributed by atoms with van der Waals surface area (Å²) >= 11 is 0. The quantitative estimate of drug-likeness (QED) is 0.734. The van der Waals surface area contributed by atoms with Crippen LogP contribution in [0.15, 0.2) is 24.3 Å². The number of rotatable bonds is 5. The van der Waals surface area contributed by atoms with Crippen LogP contribution in [0.3, 0.4) is 0 Å². The van der Waals surface area contributed by atoms with Crippen LogP contribution in [0.1, 0.15) is 6.92 Å². The van der Waals surface area contributed by atoms with E-state index in [1.807, 2.05) is 0 Å². The highest BCUT2D eigenvalue weighted by Gasteiger charge is 2.24. The van der Waals surface area contributed by atoms with Gasteiger partial charge in [0, 0.05) is 44.9 Å². The summed E-state index contributed by atoms with van der Waals surface area (Å²) in [7, 11) is 1.55. The van der Waals surface area contributed by atoms with E-state index in [0.717, 1.165) is 6.41 Å². The monoisotopic (exact) mass is 319 g/mol. The molecule has 2 rings (SSSR count). The molecule has 124 valence electrons. The van der Waals surface area contributed by atoms with Gasteiger partial charge in [-0.3, -0.25) is 14.4 Å². The van der Waals surface area contributed by atoms with Crippen LogP contribution in [0.25, 0.3) is 0 Å². The Balaban J connectivity index is 2.06. The Morgan fingerprint density at radius 3 is 2.52 bits per heavy atom. The smallest absolute Gasteiger partial charge is 0.242 e. The molecule has 1 saturated heterocycles. The molecule has 3 amide bonds. The summed E-state index contributed by atoms with van der Waals surface area (Å²) in [6.45, 7) is 3.42. The molecule has 1 aromatic carbocycles. The molecule has 0 unspecified atom stereocenters. The highest BCUT2D eigenvalue weighted by molar-refractivity contribution is 5.97. The summed E-state index contributed by atoms with van der Waals surface area (Å²) in [5.41, 5.74) is 0.622. The molecular formula is C16H21N3O4. The predicted octanol–water partition coefficient (Wildman–Crippen LogP) is 0.349. The van der Waals surface area contributed by atoms with Crippen molar-refractivity contribution in [3.8, 4) is 5.75 Å². The zero-order valence-electron chi connectivity index (χ0n) is 13.4. The molecule has 7 heteroatoms. The molecule has 1 aliphatic heterocycles. The SMILES string of the molecule is COc1cccc(N(CC(=O)N2CCN(C=O)CC2)C(C)=O)c1. The zero-order chi connectivity index (χ0) is 16.8. The van der Waals surface area contributed by atoms with Crippen LogP contribution in [-0.2, 0) is 14.4 Å². The van der Waals surface area contributed by atoms with Gasteiger partial charge in [0.1, 0.15) is 12.3 Å². The Morgan fingerprint density at radius 1 is 1.26 bits per heavy atom. The van der Waals surface area contributed by atoms with Crippen molar-refractivity contribution in [2.24, 2.45) is 0 Å². The summed E-state index contributed by atoms with van der Waals surface area (Å²) in [4.78, 5) is 39.8. The first-order valence-electron chi connectivity index (χ1n) is 7.44. The van der Waals surface area contributed by atoms with Gasteiger partial charge in [-0.25, -0.2) is 0 Å². The van der Waals surface area contributed by atoms with Gasteiger partial charge in [0.2, 0.25) is 18.2 Å². The lowest BCUT2D eigenvalue weighted by Crippen LogP contribution is -2.51. The molecule has 0 aromatic heterocycles. The van der Waals surface area contributed by atoms with Gasteiger partial charge in [0.15, 0.2) is 0 Å². The van der Waals surface area contributed by atoms with Crippen molar-refractivity contribution in [3.05, 3.63) is 24.3 Å². The number of amides is 3. The average molecular weight is 319 g/mol. The molecule has 1 heterocycles. The van der Waals surface area contributed by atoms with Gasteiger partial charge in [0.05, 0.1) is 7.11 Å². The topological polar surface area (TPSA) is 70.2 Å². The molecule has 0 aliphatic carbocycles. The molecule has 1 fully saturated rings. The van der Waals surface area contributed by atoms with E-state index in [-0.39, 0.29) is 18.4 Å². The van der Waals surface area contributed by atoms with Crippen LogP contribution in [0.2, 0.25) is 0 Å². The van der Waals surface area contributed by atoms with Crippen LogP contribution in [0.4, 0.5) is 5.69 Å². The van der Waals surface area contributed by atoms with E-state index in [2.05, 4.69) is 0 Å². The van der Waals surface area contributed by atoms with Crippen molar-refractivity contribution in [1.29, 1.82) is 0 Å². The number of carbonyl (C=O) groups is 3. The summed E-state index contributed by atoms with van der Waals surface area (Å²) < 4.78 is 5.16. The Morgan fingerprint density at radius 2 is 1.96 bits per heavy atom. The molecule has 0 bridgehead atoms. The summed E-state index contributed by atoms with van der Waals surface area (Å²) in [5, 5.41) is 0. The van der Waals surface area contributed by atoms with Crippen LogP contribution < -0.4 is 9.64 Å². The second-order valence-electron chi connectivity index (χ2n) is 5.33. The highest BCUT2D eigenvalue weighted by Crippen LogP contribution is 2.21. The highest BCUT2D eigenvalue weighted by atomic mass is 16.5. The zero-order valence-corrected chi connectivity index (χ0v) is 13.4. The molecule has 0 saturated carbocycles. The number of anilines is 1. The van der Waals surface area contributed by atoms with Crippen molar-refractivity contribution in [2.45, 2.75) is 6.92 Å². The Kier molecular flexibility index (Phi) is 5.56. The van der Waals surface area contributed by atoms with Gasteiger partial charge in [0.25, 0.3) is 0 Å². The minimum Gasteiger partial charge on any atom is -0.497 e. The molecule has 1 aromatic rings. The Bertz CT molecular complexity index is 582. The maximum atomic E-state index is 12.4. The number of hydrogen-bond donors (Lipinski definition) is 0. The fourth-order valence-electron chi connectivity index (χ4n) is 2.47. The van der Waals surface area contributed by atoms with E-state index in [1.165, 1.54) is 11.8 Å². The molecule has 23 heavy (non-hydrogen) atoms. The maximum Gasteiger partial charge on any atom is 0.242 e. The fourth-order valence-corrected chi connectivity index (χ4v) is 2.47. The number of ether oxygens (including phenoxy) is 1. The molecule has 0 atom stereocenters. The predicted molar refractivity (Wildman–Crippen MR) is 85.2 cm³/mol. The number of carbonyl (C=O) groups excluding carboxylic acids is 3. The third kappa shape index (κ3) is 4.21. The van der Waals surface area contributed by atoms with Gasteiger partial charge in [-0.05, 0) is 12.1 Å². The number of hydrogen-bond acceptors (Lipinski definition) is 4. The second kappa shape index (κ2) is 7.62. The minimum absolute atomic E-state index is 0.0242. The van der Waals surface area contributed by atoms with E-state index < -0.39 is 0 Å². The standard InChI is InChI=1S/C16H21N3O4/c1-13(21)19(14-4-3-5-15(10-14)23-2)11-16(22)18-8-6-17(12-20)7-9-18/h3-5,10,12H,6-9,11H2,1-2H3. The van der Waals surface area contributed by atoms with Crippen LogP contribution in [0, 0.1) is 0 Å². The molecule has 7 nitrogen and oxygen atoms in total. The van der Waals surface area contributed by atoms with Crippen molar-refractivity contribution >= 4 is 23.9 Å². The van der Waals surface area contributed by atoms with Gasteiger partial charge in [-0.2, -0.15) is 0 Å². The van der Waals surface area contributed by atoms with Crippen molar-refractivity contribution in [1.82, 2.24) is 9.80 Å². The first-order chi connectivity index (χ1) is 11.0. The third-order valence-corrected chi connectivity index (χ3v) is 3.85. The van der Waals surface area contributed by atoms with E-state index in [4.69, 9.17) is 4.74 Å². The van der Waals surface area contributed by atoms with Crippen LogP contribution in [-0.4, -0.2) is 67.9 Å². The lowest BCUT2D eigenvalue weighted by Gasteiger charge is -2.34. The third-order valence-electron chi connectivity index (χ3n) is 3.85. The van der Waals surface area contributed by atoms with Gasteiger partial charge >= 0.3 is 0 Å². The lowest BCUT2D eigenvalue weighted by atomic mass is 10.2. The summed E-state index contributed by atoms with van der Waals surface area (Å²) in [6, 6.07) is 7.04. The molecule has 0 spiro atoms. The van der Waals surface area contributed by atoms with Gasteiger partial charge in [-0.15, -0.1) is 0 Å². The number of piperazine rings is 1. The molecule has 0 radical (unpaired) electrons. The van der Waals surface area contributed by atoms with Gasteiger partial charge < -0.3 is 19.4 Å². The first-order valence-corrected chi connectivity index (χ1v) is 7.44. The van der Waals surface area contributed by atoms with Crippen molar-refractivity contribution < 1.29 is 19.1 Å². The van der Waals surface area contributed by atoms with E-state index in [9.17, 15) is 14.4 Å². The van der Waals surface area contributed by atoms with Gasteiger partial charge in [-0.1, -0.05) is 6.07 Å². The maximum absolute atomic E-state index is 12.4. The summed E-state index contributed by atoms with van der Waals surface area (Å²) in [5.74, 6) is 0.285. The second-order valence-corrected chi connectivity index (χ2v) is 5.33. The number of nitrogens with zero attached hydrogens (tertiary/aromatic N) is 3. The van der Waals surface area contributed by atoms with E-state index >= 15 is 0 Å². The van der Waals surface area contributed by atoms with Crippen molar-refractivity contribution in [2.75, 3.05) is 44.7 Å². The Hall–Kier alpha value is -2.57. The van der Waals surface area contributed by atoms with E-state index in [1.54, 1.807) is 41.2 Å². The minimum atomic E-state index is -0.210. The average Bonchev–Trinajstić information content (AvgIpc) is 2.59. The lowest BCUT2D eigenvalue weighted by molar-refractivity contribution is -0.134. The first kappa shape index (κ1) is 16.8. The fraction of sp³-hybridized carbons (Fsp3) is 0.438. The van der Waals surface area contributed by atoms with Crippen molar-refractivity contribution in [3.63, 3.8) is 0 Å². The molecule has 1 aliphatic rings. The molecule has 0 N–H and O–H groups in total. The molecular weight excluding hydrogens is 298 g/mol. The largest absolute Gasteiger partial charge is 0.497 e. The summed E-state index contributed by atoms with van der Waals surface area (Å²) in [6.07, 6.45) is 0.792. The normalized spacial score (nSPS) is 14.3. The number of benzene rings is 1. The number of methoxy groups -OCH3 is 1. The van der Waals surface area contributed by atoms with E-state index in [0.29, 0.717) is 37.6 Å². The van der Waals surface area contributed by atoms with Crippen LogP contribution >= 0.6 is 0 Å². The Labute approximate surface area is 135 Å².